The van der Waals surface area contributed by atoms with E-state index in [4.69, 9.17) is 60.7 Å². The molecule has 0 rings (SSSR count). The van der Waals surface area contributed by atoms with Gasteiger partial charge in [-0.1, -0.05) is 0 Å². The third-order valence-electron chi connectivity index (χ3n) is 0. The Morgan fingerprint density at radius 3 is 0.364 bits per heavy atom. The Morgan fingerprint density at radius 1 is 0.364 bits per heavy atom. The van der Waals surface area contributed by atoms with E-state index in [0.717, 1.165) is 32.0 Å². The Kier molecular flexibility index (Phi) is 2110. The van der Waals surface area contributed by atoms with E-state index in [2.05, 4.69) is 0 Å². The second kappa shape index (κ2) is 607. The van der Waals surface area contributed by atoms with Crippen LogP contribution in [0.15, 0.2) is 32.0 Å². The van der Waals surface area contributed by atoms with Crippen LogP contribution in [0, 0.1) is 60.7 Å². The Labute approximate surface area is 131 Å². The summed E-state index contributed by atoms with van der Waals surface area (Å²) in [4.78, 5) is 48.0. The Bertz CT molecular complexity index is 118. The molecular formula is H12N9O12Rh-3. The summed E-state index contributed by atoms with van der Waals surface area (Å²) in [5, 5.41) is 54.0. The molecule has 141 valence electrons. The summed E-state index contributed by atoms with van der Waals surface area (Å²) >= 11 is 0. The second-order valence-corrected chi connectivity index (χ2v) is 0.447. The van der Waals surface area contributed by atoms with Crippen molar-refractivity contribution in [1.29, 1.82) is 0 Å². The van der Waals surface area contributed by atoms with Gasteiger partial charge in [0.1, 0.15) is 0 Å². The van der Waals surface area contributed by atoms with Crippen molar-refractivity contribution in [2.75, 3.05) is 0 Å². The third-order valence-corrected chi connectivity index (χ3v) is 0. The van der Waals surface area contributed by atoms with Crippen LogP contribution in [-0.2, 0) is 19.5 Å². The first kappa shape index (κ1) is 76.4. The summed E-state index contributed by atoms with van der Waals surface area (Å²) in [6, 6.07) is 0. The van der Waals surface area contributed by atoms with Gasteiger partial charge >= 0.3 is 0 Å². The quantitative estimate of drug-likeness (QED) is 0.282. The standard InChI is InChI=1S/6HNO2.3H3N.Rh/c6*2-1-3;;;;/h6*(H,2,3);3*1H3;/p-3. The molecule has 0 aliphatic carbocycles. The molecule has 22 heavy (non-hydrogen) atoms. The van der Waals surface area contributed by atoms with Crippen molar-refractivity contribution in [1.82, 2.24) is 18.5 Å². The number of rotatable bonds is 0. The largest absolute Gasteiger partial charge is 0.444 e. The maximum Gasteiger partial charge on any atom is 0 e. The van der Waals surface area contributed by atoms with E-state index in [9.17, 15) is 0 Å². The molecule has 0 aromatic rings. The van der Waals surface area contributed by atoms with Crippen LogP contribution in [0.4, 0.5) is 0 Å². The predicted octanol–water partition coefficient (Wildman–Crippen LogP) is 2.63. The van der Waals surface area contributed by atoms with E-state index in [0.29, 0.717) is 0 Å². The second-order valence-electron chi connectivity index (χ2n) is 0.447. The minimum Gasteiger partial charge on any atom is -0.444 e. The van der Waals surface area contributed by atoms with Gasteiger partial charge in [-0.2, -0.15) is 0 Å². The van der Waals surface area contributed by atoms with Crippen LogP contribution in [0.2, 0.25) is 0 Å². The normalized spacial score (nSPS) is 3.27. The Balaban J connectivity index is -0.00000000947. The monoisotopic (exact) mass is 433 g/mol. The van der Waals surface area contributed by atoms with Crippen molar-refractivity contribution in [2.45, 2.75) is 0 Å². The molecule has 0 unspecified atom stereocenters. The van der Waals surface area contributed by atoms with Crippen LogP contribution < -0.4 is 18.5 Å². The van der Waals surface area contributed by atoms with Gasteiger partial charge in [-0.15, -0.1) is 32.0 Å². The summed E-state index contributed by atoms with van der Waals surface area (Å²) in [5.74, 6) is 0. The molecule has 0 saturated carbocycles. The fourth-order valence-electron chi connectivity index (χ4n) is 0. The zero-order valence-corrected chi connectivity index (χ0v) is 12.6. The molecule has 21 nitrogen and oxygen atoms in total. The fraction of sp³-hybridized carbons (Fsp3) is 0. The van der Waals surface area contributed by atoms with Gasteiger partial charge in [0.2, 0.25) is 0 Å². The average Bonchev–Trinajstić information content (AvgIpc) is 2.23. The van der Waals surface area contributed by atoms with Crippen molar-refractivity contribution < 1.29 is 19.5 Å². The van der Waals surface area contributed by atoms with Gasteiger partial charge in [0.25, 0.3) is 0 Å². The zero-order chi connectivity index (χ0) is 16.2. The molecule has 0 saturated heterocycles. The predicted molar refractivity (Wildman–Crippen MR) is 72.9 cm³/mol. The molecule has 22 heteroatoms. The fourth-order valence-corrected chi connectivity index (χ4v) is 0. The minimum absolute atomic E-state index is 0. The van der Waals surface area contributed by atoms with Crippen molar-refractivity contribution in [3.8, 4) is 0 Å². The van der Waals surface area contributed by atoms with Gasteiger partial charge in [-0.3, -0.25) is 0 Å². The summed E-state index contributed by atoms with van der Waals surface area (Å²) in [6.07, 6.45) is 0. The van der Waals surface area contributed by atoms with E-state index in [-0.39, 0.29) is 37.9 Å². The van der Waals surface area contributed by atoms with E-state index >= 15 is 0 Å². The molecule has 0 heterocycles. The van der Waals surface area contributed by atoms with Gasteiger partial charge in [0, 0.05) is 19.5 Å². The molecule has 0 amide bonds. The van der Waals surface area contributed by atoms with Crippen LogP contribution in [0.3, 0.4) is 0 Å². The topological polar surface area (TPSA) is 424 Å². The van der Waals surface area contributed by atoms with Gasteiger partial charge in [0.05, 0.1) is 0 Å². The van der Waals surface area contributed by atoms with E-state index in [1.807, 2.05) is 0 Å². The number of hydrogen-bond acceptors (Lipinski definition) is 18. The number of nitrogens with zero attached hydrogens (tertiary/aromatic N) is 6. The van der Waals surface area contributed by atoms with Crippen molar-refractivity contribution >= 4 is 0 Å². The van der Waals surface area contributed by atoms with Crippen molar-refractivity contribution in [3.63, 3.8) is 0 Å². The van der Waals surface area contributed by atoms with Crippen LogP contribution in [0.25, 0.3) is 0 Å². The molecular weight excluding hydrogens is 421 g/mol. The molecule has 12 N–H and O–H groups in total. The summed E-state index contributed by atoms with van der Waals surface area (Å²) < 4.78 is 0. The first-order valence-electron chi connectivity index (χ1n) is 2.19. The van der Waals surface area contributed by atoms with E-state index < -0.39 is 0 Å². The summed E-state index contributed by atoms with van der Waals surface area (Å²) in [5.41, 5.74) is 0. The molecule has 0 aromatic heterocycles. The Morgan fingerprint density at radius 2 is 0.364 bits per heavy atom. The molecule has 0 aromatic carbocycles. The molecule has 1 radical (unpaired) electrons. The van der Waals surface area contributed by atoms with Crippen LogP contribution in [0.5, 0.6) is 0 Å². The first-order chi connectivity index (χ1) is 8.49. The number of hydrogen-bond donors (Lipinski definition) is 3. The van der Waals surface area contributed by atoms with Crippen LogP contribution in [0.1, 0.15) is 0 Å². The zero-order valence-electron chi connectivity index (χ0n) is 10.9. The Hall–Kier alpha value is -3.10. The van der Waals surface area contributed by atoms with Crippen molar-refractivity contribution in [2.24, 2.45) is 32.0 Å². The van der Waals surface area contributed by atoms with Gasteiger partial charge in [0.15, 0.2) is 0 Å². The third kappa shape index (κ3) is 446. The van der Waals surface area contributed by atoms with Gasteiger partial charge in [-0.25, -0.2) is 0 Å². The van der Waals surface area contributed by atoms with Crippen molar-refractivity contribution in [3.05, 3.63) is 60.7 Å². The average molecular weight is 433 g/mol. The number of quaternary nitrogens is 3. The molecule has 0 atom stereocenters. The first-order valence-corrected chi connectivity index (χ1v) is 2.19. The maximum atomic E-state index is 8.00. The molecule has 0 spiro atoms. The summed E-state index contributed by atoms with van der Waals surface area (Å²) in [6.45, 7) is 0. The van der Waals surface area contributed by atoms with E-state index in [1.165, 1.54) is 0 Å². The molecule has 0 fully saturated rings. The maximum absolute atomic E-state index is 8.00. The smallest absolute Gasteiger partial charge is 0 e. The van der Waals surface area contributed by atoms with E-state index in [1.54, 1.807) is 0 Å². The SMILES string of the molecule is O=N[O-].O=N[O-].O=N[O-].O=N[O-].O=N[O-].O=N[O-].[NH4+].[NH4+].[NH4+].[Rh]. The molecule has 0 bridgehead atoms. The van der Waals surface area contributed by atoms with Crippen LogP contribution in [-0.4, -0.2) is 0 Å². The van der Waals surface area contributed by atoms with Crippen LogP contribution >= 0.6 is 0 Å². The molecule has 0 aliphatic heterocycles. The minimum atomic E-state index is 0. The van der Waals surface area contributed by atoms with Gasteiger partial charge < -0.3 is 79.1 Å². The summed E-state index contributed by atoms with van der Waals surface area (Å²) in [7, 11) is 0. The molecule has 0 aliphatic rings. The van der Waals surface area contributed by atoms with Gasteiger partial charge in [-0.05, 0) is 0 Å².